The van der Waals surface area contributed by atoms with Crippen LogP contribution in [-0.4, -0.2) is 26.1 Å². The van der Waals surface area contributed by atoms with Crippen molar-refractivity contribution in [3.8, 4) is 5.75 Å². The number of halogens is 1. The van der Waals surface area contributed by atoms with Crippen LogP contribution in [0.2, 0.25) is 5.02 Å². The third kappa shape index (κ3) is 4.71. The molecular weight excluding hydrogens is 312 g/mol. The Morgan fingerprint density at radius 3 is 2.52 bits per heavy atom. The second kappa shape index (κ2) is 7.99. The van der Waals surface area contributed by atoms with Gasteiger partial charge in [-0.25, -0.2) is 0 Å². The molecule has 0 heterocycles. The standard InChI is InChI=1S/C18H21ClN2O2/c1-13(21(2)12-14-8-10-15(19)11-9-14)18(22)20-16-6-4-5-7-17(16)23-3/h4-11,13H,12H2,1-3H3,(H,20,22)/p+1/t13-/m1/s1. The van der Waals surface area contributed by atoms with Gasteiger partial charge in [0.1, 0.15) is 12.3 Å². The van der Waals surface area contributed by atoms with Gasteiger partial charge in [0.25, 0.3) is 5.91 Å². The van der Waals surface area contributed by atoms with E-state index in [1.807, 2.05) is 62.5 Å². The Labute approximate surface area is 142 Å². The van der Waals surface area contributed by atoms with Crippen LogP contribution < -0.4 is 15.0 Å². The van der Waals surface area contributed by atoms with Gasteiger partial charge in [0.05, 0.1) is 19.8 Å². The number of ether oxygens (including phenoxy) is 1. The van der Waals surface area contributed by atoms with Crippen LogP contribution in [0.1, 0.15) is 12.5 Å². The maximum atomic E-state index is 12.5. The molecule has 2 rings (SSSR count). The number of benzene rings is 2. The minimum atomic E-state index is -0.199. The van der Waals surface area contributed by atoms with Crippen molar-refractivity contribution >= 4 is 23.2 Å². The number of rotatable bonds is 6. The van der Waals surface area contributed by atoms with Crippen LogP contribution in [-0.2, 0) is 11.3 Å². The first-order valence-corrected chi connectivity index (χ1v) is 7.89. The summed E-state index contributed by atoms with van der Waals surface area (Å²) in [5.74, 6) is 0.615. The number of methoxy groups -OCH3 is 1. The number of hydrogen-bond acceptors (Lipinski definition) is 2. The normalized spacial score (nSPS) is 13.2. The monoisotopic (exact) mass is 333 g/mol. The Balaban J connectivity index is 1.99. The van der Waals surface area contributed by atoms with Crippen molar-refractivity contribution in [3.05, 3.63) is 59.1 Å². The van der Waals surface area contributed by atoms with E-state index in [4.69, 9.17) is 16.3 Å². The molecule has 0 aromatic heterocycles. The summed E-state index contributed by atoms with van der Waals surface area (Å²) in [7, 11) is 3.59. The summed E-state index contributed by atoms with van der Waals surface area (Å²) in [6, 6.07) is 14.9. The van der Waals surface area contributed by atoms with Crippen molar-refractivity contribution in [1.29, 1.82) is 0 Å². The van der Waals surface area contributed by atoms with Crippen molar-refractivity contribution in [3.63, 3.8) is 0 Å². The highest BCUT2D eigenvalue weighted by molar-refractivity contribution is 6.30. The Hall–Kier alpha value is -2.04. The highest BCUT2D eigenvalue weighted by Crippen LogP contribution is 2.22. The van der Waals surface area contributed by atoms with Gasteiger partial charge in [0.15, 0.2) is 6.04 Å². The fourth-order valence-electron chi connectivity index (χ4n) is 2.29. The summed E-state index contributed by atoms with van der Waals surface area (Å²) in [6.07, 6.45) is 0. The van der Waals surface area contributed by atoms with E-state index in [2.05, 4.69) is 5.32 Å². The Morgan fingerprint density at radius 2 is 1.87 bits per heavy atom. The molecule has 0 aliphatic rings. The van der Waals surface area contributed by atoms with E-state index in [-0.39, 0.29) is 11.9 Å². The number of anilines is 1. The van der Waals surface area contributed by atoms with Crippen molar-refractivity contribution in [2.45, 2.75) is 19.5 Å². The highest BCUT2D eigenvalue weighted by atomic mass is 35.5. The van der Waals surface area contributed by atoms with Crippen molar-refractivity contribution in [2.75, 3.05) is 19.5 Å². The molecule has 1 unspecified atom stereocenters. The molecule has 0 saturated heterocycles. The quantitative estimate of drug-likeness (QED) is 0.852. The zero-order chi connectivity index (χ0) is 16.8. The van der Waals surface area contributed by atoms with E-state index < -0.39 is 0 Å². The van der Waals surface area contributed by atoms with Gasteiger partial charge in [-0.1, -0.05) is 35.9 Å². The molecule has 0 fully saturated rings. The molecule has 5 heteroatoms. The van der Waals surface area contributed by atoms with Gasteiger partial charge < -0.3 is 15.0 Å². The van der Waals surface area contributed by atoms with Gasteiger partial charge >= 0.3 is 0 Å². The average molecular weight is 334 g/mol. The number of quaternary nitrogens is 1. The van der Waals surface area contributed by atoms with E-state index >= 15 is 0 Å². The van der Waals surface area contributed by atoms with Crippen LogP contribution in [0.25, 0.3) is 0 Å². The van der Waals surface area contributed by atoms with Gasteiger partial charge in [-0.15, -0.1) is 0 Å². The lowest BCUT2D eigenvalue weighted by Crippen LogP contribution is -3.12. The summed E-state index contributed by atoms with van der Waals surface area (Å²) in [6.45, 7) is 2.66. The molecular formula is C18H22ClN2O2+. The lowest BCUT2D eigenvalue weighted by Gasteiger charge is -2.21. The van der Waals surface area contributed by atoms with Crippen molar-refractivity contribution < 1.29 is 14.4 Å². The van der Waals surface area contributed by atoms with Gasteiger partial charge in [0, 0.05) is 10.6 Å². The molecule has 0 aliphatic carbocycles. The number of hydrogen-bond donors (Lipinski definition) is 2. The predicted octanol–water partition coefficient (Wildman–Crippen LogP) is 2.39. The fourth-order valence-corrected chi connectivity index (χ4v) is 2.42. The molecule has 2 aromatic rings. The summed E-state index contributed by atoms with van der Waals surface area (Å²) in [5, 5.41) is 3.65. The number of para-hydroxylation sites is 2. The second-order valence-corrected chi connectivity index (χ2v) is 6.00. The first-order valence-electron chi connectivity index (χ1n) is 7.52. The molecule has 2 aromatic carbocycles. The van der Waals surface area contributed by atoms with Crippen molar-refractivity contribution in [2.24, 2.45) is 0 Å². The SMILES string of the molecule is COc1ccccc1NC(=O)[C@@H](C)[NH+](C)Cc1ccc(Cl)cc1. The maximum Gasteiger partial charge on any atom is 0.282 e. The molecule has 0 saturated carbocycles. The molecule has 0 spiro atoms. The number of nitrogens with one attached hydrogen (secondary N) is 2. The predicted molar refractivity (Wildman–Crippen MR) is 93.1 cm³/mol. The third-order valence-electron chi connectivity index (χ3n) is 3.89. The Kier molecular flexibility index (Phi) is 6.02. The minimum absolute atomic E-state index is 0.0408. The number of likely N-dealkylation sites (N-methyl/N-ethyl adjacent to an activating group) is 1. The number of amides is 1. The van der Waals surface area contributed by atoms with E-state index in [1.165, 1.54) is 0 Å². The van der Waals surface area contributed by atoms with Crippen LogP contribution in [0.4, 0.5) is 5.69 Å². The van der Waals surface area contributed by atoms with Crippen LogP contribution in [0.3, 0.4) is 0 Å². The second-order valence-electron chi connectivity index (χ2n) is 5.56. The lowest BCUT2D eigenvalue weighted by atomic mass is 10.2. The van der Waals surface area contributed by atoms with Crippen LogP contribution in [0.5, 0.6) is 5.75 Å². The van der Waals surface area contributed by atoms with Crippen molar-refractivity contribution in [1.82, 2.24) is 0 Å². The van der Waals surface area contributed by atoms with Gasteiger partial charge in [0.2, 0.25) is 0 Å². The van der Waals surface area contributed by atoms with Crippen LogP contribution in [0.15, 0.2) is 48.5 Å². The van der Waals surface area contributed by atoms with E-state index in [9.17, 15) is 4.79 Å². The maximum absolute atomic E-state index is 12.5. The molecule has 0 bridgehead atoms. The molecule has 4 nitrogen and oxygen atoms in total. The molecule has 1 amide bonds. The van der Waals surface area contributed by atoms with E-state index in [0.29, 0.717) is 16.5 Å². The van der Waals surface area contributed by atoms with Gasteiger partial charge in [-0.2, -0.15) is 0 Å². The first-order chi connectivity index (χ1) is 11.0. The summed E-state index contributed by atoms with van der Waals surface area (Å²) in [5.41, 5.74) is 1.83. The number of carbonyl (C=O) groups excluding carboxylic acids is 1. The van der Waals surface area contributed by atoms with Gasteiger partial charge in [-0.05, 0) is 31.2 Å². The molecule has 2 N–H and O–H groups in total. The summed E-state index contributed by atoms with van der Waals surface area (Å²) < 4.78 is 5.26. The number of carbonyl (C=O) groups is 1. The van der Waals surface area contributed by atoms with Crippen LogP contribution in [0, 0.1) is 0 Å². The van der Waals surface area contributed by atoms with E-state index in [0.717, 1.165) is 17.0 Å². The smallest absolute Gasteiger partial charge is 0.282 e. The van der Waals surface area contributed by atoms with Gasteiger partial charge in [-0.3, -0.25) is 4.79 Å². The summed E-state index contributed by atoms with van der Waals surface area (Å²) in [4.78, 5) is 13.6. The lowest BCUT2D eigenvalue weighted by molar-refractivity contribution is -0.907. The third-order valence-corrected chi connectivity index (χ3v) is 4.15. The zero-order valence-electron chi connectivity index (χ0n) is 13.6. The topological polar surface area (TPSA) is 42.8 Å². The molecule has 23 heavy (non-hydrogen) atoms. The molecule has 0 radical (unpaired) electrons. The summed E-state index contributed by atoms with van der Waals surface area (Å²) >= 11 is 5.90. The largest absolute Gasteiger partial charge is 0.495 e. The molecule has 2 atom stereocenters. The zero-order valence-corrected chi connectivity index (χ0v) is 14.4. The van der Waals surface area contributed by atoms with E-state index in [1.54, 1.807) is 7.11 Å². The molecule has 122 valence electrons. The minimum Gasteiger partial charge on any atom is -0.495 e. The average Bonchev–Trinajstić information content (AvgIpc) is 2.56. The highest BCUT2D eigenvalue weighted by Gasteiger charge is 2.22. The van der Waals surface area contributed by atoms with Crippen LogP contribution >= 0.6 is 11.6 Å². The first kappa shape index (κ1) is 17.3. The fraction of sp³-hybridized carbons (Fsp3) is 0.278. The Morgan fingerprint density at radius 1 is 1.22 bits per heavy atom. The Bertz CT molecular complexity index is 658. The molecule has 0 aliphatic heterocycles.